The summed E-state index contributed by atoms with van der Waals surface area (Å²) in [7, 11) is 0. The molecule has 0 N–H and O–H groups in total. The molecular weight excluding hydrogens is 476 g/mol. The van der Waals surface area contributed by atoms with Crippen LogP contribution in [0.4, 0.5) is 0 Å². The Kier molecular flexibility index (Phi) is 12.3. The van der Waals surface area contributed by atoms with Crippen LogP contribution in [0.2, 0.25) is 0 Å². The normalized spacial score (nSPS) is 31.9. The topological polar surface area (TPSA) is 89.5 Å². The summed E-state index contributed by atoms with van der Waals surface area (Å²) >= 11 is 0. The quantitative estimate of drug-likeness (QED) is 0.230. The molecule has 37 heavy (non-hydrogen) atoms. The molecule has 0 amide bonds. The first-order chi connectivity index (χ1) is 17.6. The van der Waals surface area contributed by atoms with Gasteiger partial charge in [-0.3, -0.25) is 0 Å². The summed E-state index contributed by atoms with van der Waals surface area (Å²) in [5.41, 5.74) is -0.507. The lowest BCUT2D eigenvalue weighted by Gasteiger charge is -2.53. The van der Waals surface area contributed by atoms with Crippen molar-refractivity contribution in [2.45, 2.75) is 122 Å². The second-order valence-corrected chi connectivity index (χ2v) is 10.2. The van der Waals surface area contributed by atoms with E-state index in [0.29, 0.717) is 82.5 Å². The Hall–Kier alpha value is -1.74. The summed E-state index contributed by atoms with van der Waals surface area (Å²) in [6, 6.07) is 0. The molecule has 0 aromatic rings. The molecule has 0 aromatic heterocycles. The fourth-order valence-corrected chi connectivity index (χ4v) is 5.75. The van der Waals surface area contributed by atoms with Gasteiger partial charge in [0, 0.05) is 56.8 Å². The highest BCUT2D eigenvalue weighted by molar-refractivity contribution is 5.87. The Morgan fingerprint density at radius 2 is 1.08 bits per heavy atom. The predicted octanol–water partition coefficient (Wildman–Crippen LogP) is 5.08. The van der Waals surface area contributed by atoms with Gasteiger partial charge in [0.1, 0.15) is 12.2 Å². The maximum absolute atomic E-state index is 12.2. The number of carbonyl (C=O) groups excluding carboxylic acids is 2. The first kappa shape index (κ1) is 31.5. The van der Waals surface area contributed by atoms with Crippen LogP contribution in [0.3, 0.4) is 0 Å². The van der Waals surface area contributed by atoms with Crippen LogP contribution < -0.4 is 0 Å². The number of hydrogen-bond acceptors (Lipinski definition) is 8. The van der Waals surface area contributed by atoms with E-state index >= 15 is 0 Å². The number of rotatable bonds is 14. The smallest absolute Gasteiger partial charge is 0.333 e. The van der Waals surface area contributed by atoms with Gasteiger partial charge in [-0.25, -0.2) is 9.59 Å². The molecule has 0 spiro atoms. The van der Waals surface area contributed by atoms with Crippen LogP contribution in [0, 0.1) is 0 Å². The van der Waals surface area contributed by atoms with Crippen molar-refractivity contribution in [1.82, 2.24) is 0 Å². The first-order valence-corrected chi connectivity index (χ1v) is 13.8. The fourth-order valence-electron chi connectivity index (χ4n) is 5.75. The zero-order chi connectivity index (χ0) is 27.6. The van der Waals surface area contributed by atoms with Crippen LogP contribution in [0.5, 0.6) is 0 Å². The Bertz CT molecular complexity index is 731. The third kappa shape index (κ3) is 8.12. The third-order valence-electron chi connectivity index (χ3n) is 7.35. The van der Waals surface area contributed by atoms with Gasteiger partial charge in [0.2, 0.25) is 0 Å². The molecule has 0 aromatic carbocycles. The van der Waals surface area contributed by atoms with Crippen molar-refractivity contribution in [1.29, 1.82) is 0 Å². The minimum atomic E-state index is -0.636. The Labute approximate surface area is 223 Å². The van der Waals surface area contributed by atoms with Crippen molar-refractivity contribution in [3.05, 3.63) is 24.3 Å². The number of hydrogen-bond donors (Lipinski definition) is 0. The Balaban J connectivity index is 2.35. The van der Waals surface area contributed by atoms with Crippen molar-refractivity contribution in [2.75, 3.05) is 26.4 Å². The highest BCUT2D eigenvalue weighted by Gasteiger charge is 2.56. The Morgan fingerprint density at radius 1 is 0.703 bits per heavy atom. The van der Waals surface area contributed by atoms with Crippen LogP contribution in [0.15, 0.2) is 24.3 Å². The molecule has 6 atom stereocenters. The van der Waals surface area contributed by atoms with Gasteiger partial charge in [-0.2, -0.15) is 0 Å². The highest BCUT2D eigenvalue weighted by Crippen LogP contribution is 2.47. The molecule has 2 aliphatic rings. The molecule has 8 nitrogen and oxygen atoms in total. The zero-order valence-electron chi connectivity index (χ0n) is 23.8. The lowest BCUT2D eigenvalue weighted by molar-refractivity contribution is -0.244. The van der Waals surface area contributed by atoms with Crippen molar-refractivity contribution < 1.29 is 38.0 Å². The molecule has 0 saturated heterocycles. The Morgan fingerprint density at radius 3 is 1.38 bits per heavy atom. The van der Waals surface area contributed by atoms with Gasteiger partial charge in [-0.15, -0.1) is 0 Å². The summed E-state index contributed by atoms with van der Waals surface area (Å²) < 4.78 is 37.0. The summed E-state index contributed by atoms with van der Waals surface area (Å²) in [4.78, 5) is 24.4. The predicted molar refractivity (Wildman–Crippen MR) is 141 cm³/mol. The molecule has 0 bridgehead atoms. The van der Waals surface area contributed by atoms with E-state index < -0.39 is 11.2 Å². The number of ether oxygens (including phenoxy) is 6. The lowest BCUT2D eigenvalue weighted by atomic mass is 9.68. The van der Waals surface area contributed by atoms with Crippen molar-refractivity contribution in [2.24, 2.45) is 0 Å². The van der Waals surface area contributed by atoms with E-state index in [-0.39, 0.29) is 36.4 Å². The van der Waals surface area contributed by atoms with E-state index in [1.54, 1.807) is 13.8 Å². The average Bonchev–Trinajstić information content (AvgIpc) is 2.84. The van der Waals surface area contributed by atoms with Gasteiger partial charge < -0.3 is 28.4 Å². The van der Waals surface area contributed by atoms with Crippen LogP contribution in [-0.4, -0.2) is 74.0 Å². The molecule has 0 radical (unpaired) electrons. The summed E-state index contributed by atoms with van der Waals surface area (Å²) in [6.07, 6.45) is 3.16. The first-order valence-electron chi connectivity index (χ1n) is 13.8. The van der Waals surface area contributed by atoms with Gasteiger partial charge in [0.25, 0.3) is 0 Å². The maximum atomic E-state index is 12.2. The molecule has 6 unspecified atom stereocenters. The second kappa shape index (κ2) is 14.4. The second-order valence-electron chi connectivity index (χ2n) is 10.2. The zero-order valence-corrected chi connectivity index (χ0v) is 23.8. The van der Waals surface area contributed by atoms with E-state index in [9.17, 15) is 9.59 Å². The summed E-state index contributed by atoms with van der Waals surface area (Å²) in [6.45, 7) is 20.7. The van der Waals surface area contributed by atoms with E-state index in [0.717, 1.165) is 0 Å². The SMILES string of the molecule is C=C(C)C(=O)OC1CCC(CC2(OCC)CCC(OC(=O)C(=C)C)CC2OCC)(OCC)C(OCC)C1. The highest BCUT2D eigenvalue weighted by atomic mass is 16.6. The van der Waals surface area contributed by atoms with Crippen LogP contribution in [0.25, 0.3) is 0 Å². The molecule has 8 heteroatoms. The maximum Gasteiger partial charge on any atom is 0.333 e. The monoisotopic (exact) mass is 524 g/mol. The van der Waals surface area contributed by atoms with Gasteiger partial charge in [-0.1, -0.05) is 13.2 Å². The number of esters is 2. The van der Waals surface area contributed by atoms with Gasteiger partial charge in [0.05, 0.1) is 23.4 Å². The minimum Gasteiger partial charge on any atom is -0.459 e. The van der Waals surface area contributed by atoms with Crippen LogP contribution in [0.1, 0.15) is 86.5 Å². The number of carbonyl (C=O) groups is 2. The van der Waals surface area contributed by atoms with Gasteiger partial charge in [-0.05, 0) is 67.2 Å². The molecule has 2 fully saturated rings. The molecule has 2 saturated carbocycles. The van der Waals surface area contributed by atoms with E-state index in [4.69, 9.17) is 28.4 Å². The van der Waals surface area contributed by atoms with Gasteiger partial charge in [0.15, 0.2) is 0 Å². The summed E-state index contributed by atoms with van der Waals surface area (Å²) in [5.74, 6) is -0.761. The largest absolute Gasteiger partial charge is 0.459 e. The molecule has 212 valence electrons. The molecule has 2 aliphatic carbocycles. The molecule has 2 rings (SSSR count). The van der Waals surface area contributed by atoms with Gasteiger partial charge >= 0.3 is 11.9 Å². The van der Waals surface area contributed by atoms with Crippen molar-refractivity contribution in [3.63, 3.8) is 0 Å². The van der Waals surface area contributed by atoms with E-state index in [1.807, 2.05) is 27.7 Å². The molecular formula is C29H48O8. The van der Waals surface area contributed by atoms with Crippen LogP contribution >= 0.6 is 0 Å². The third-order valence-corrected chi connectivity index (χ3v) is 7.35. The summed E-state index contributed by atoms with van der Waals surface area (Å²) in [5, 5.41) is 0. The molecule has 0 heterocycles. The standard InChI is InChI=1S/C29H48O8/c1-9-32-24-17-22(36-26(30)20(5)6)13-15-28(24,34-11-3)19-29(35-12-4)16-14-23(18-25(29)33-10-2)37-27(31)21(7)8/h22-25H,5,7,9-19H2,1-4,6,8H3. The lowest BCUT2D eigenvalue weighted by Crippen LogP contribution is -2.61. The average molecular weight is 525 g/mol. The van der Waals surface area contributed by atoms with E-state index in [2.05, 4.69) is 13.2 Å². The van der Waals surface area contributed by atoms with Crippen molar-refractivity contribution >= 4 is 11.9 Å². The molecule has 0 aliphatic heterocycles. The van der Waals surface area contributed by atoms with Crippen LogP contribution in [-0.2, 0) is 38.0 Å². The fraction of sp³-hybridized carbons (Fsp3) is 0.793. The minimum absolute atomic E-state index is 0.266. The van der Waals surface area contributed by atoms with E-state index in [1.165, 1.54) is 0 Å². The van der Waals surface area contributed by atoms with Crippen molar-refractivity contribution in [3.8, 4) is 0 Å².